The number of benzene rings is 2. The minimum atomic E-state index is -0.710. The van der Waals surface area contributed by atoms with Crippen molar-refractivity contribution in [2.24, 2.45) is 0 Å². The van der Waals surface area contributed by atoms with Crippen LogP contribution in [0.3, 0.4) is 0 Å². The van der Waals surface area contributed by atoms with E-state index in [1.807, 2.05) is 30.3 Å². The van der Waals surface area contributed by atoms with Gasteiger partial charge in [0.15, 0.2) is 11.5 Å². The molecule has 2 bridgehead atoms. The Hall–Kier alpha value is -3.34. The minimum absolute atomic E-state index is 0.0746. The van der Waals surface area contributed by atoms with E-state index >= 15 is 0 Å². The lowest BCUT2D eigenvalue weighted by Crippen LogP contribution is -2.61. The van der Waals surface area contributed by atoms with Crippen LogP contribution in [0.25, 0.3) is 0 Å². The molecule has 2 N–H and O–H groups in total. The molecule has 2 aromatic rings. The van der Waals surface area contributed by atoms with Crippen molar-refractivity contribution in [1.29, 1.82) is 0 Å². The lowest BCUT2D eigenvalue weighted by Gasteiger charge is -2.41. The second kappa shape index (κ2) is 10.8. The molecular weight excluding hydrogens is 490 g/mol. The van der Waals surface area contributed by atoms with Crippen LogP contribution in [0.5, 0.6) is 17.2 Å². The van der Waals surface area contributed by atoms with Crippen LogP contribution < -0.4 is 19.5 Å². The van der Waals surface area contributed by atoms with E-state index in [0.29, 0.717) is 62.7 Å². The van der Waals surface area contributed by atoms with E-state index in [4.69, 9.17) is 18.9 Å². The molecule has 38 heavy (non-hydrogen) atoms. The number of rotatable bonds is 2. The molecule has 4 aliphatic heterocycles. The molecule has 0 saturated carbocycles. The van der Waals surface area contributed by atoms with Gasteiger partial charge in [-0.15, -0.1) is 0 Å². The molecule has 10 heteroatoms. The third-order valence-corrected chi connectivity index (χ3v) is 7.74. The van der Waals surface area contributed by atoms with Crippen LogP contribution in [-0.2, 0) is 16.1 Å². The number of carbonyl (C=O) groups is 2. The summed E-state index contributed by atoms with van der Waals surface area (Å²) in [5, 5.41) is 13.5. The zero-order valence-electron chi connectivity index (χ0n) is 21.2. The molecule has 0 radical (unpaired) electrons. The van der Waals surface area contributed by atoms with Gasteiger partial charge in [0, 0.05) is 39.1 Å². The number of amides is 2. The fourth-order valence-corrected chi connectivity index (χ4v) is 5.64. The fourth-order valence-electron chi connectivity index (χ4n) is 5.64. The number of para-hydroxylation sites is 1. The fraction of sp³-hybridized carbons (Fsp3) is 0.500. The summed E-state index contributed by atoms with van der Waals surface area (Å²) in [7, 11) is 0. The van der Waals surface area contributed by atoms with Crippen LogP contribution in [0, 0.1) is 0 Å². The Bertz CT molecular complexity index is 1190. The van der Waals surface area contributed by atoms with Gasteiger partial charge in [-0.1, -0.05) is 18.2 Å². The average molecular weight is 524 g/mol. The van der Waals surface area contributed by atoms with Crippen LogP contribution in [0.2, 0.25) is 0 Å². The highest BCUT2D eigenvalue weighted by molar-refractivity contribution is 6.00. The highest BCUT2D eigenvalue weighted by atomic mass is 16.7. The van der Waals surface area contributed by atoms with E-state index in [1.54, 1.807) is 17.0 Å². The largest absolute Gasteiger partial charge is 0.493 e. The van der Waals surface area contributed by atoms with Gasteiger partial charge in [0.2, 0.25) is 12.7 Å². The van der Waals surface area contributed by atoms with Gasteiger partial charge in [0.05, 0.1) is 24.4 Å². The number of fused-ring (bicyclic) bond motifs is 5. The molecule has 4 atom stereocenters. The maximum absolute atomic E-state index is 13.8. The van der Waals surface area contributed by atoms with E-state index in [2.05, 4.69) is 10.2 Å². The SMILES string of the molecule is O=C1NC[C@H]2O[C@H](CCOc3ccccc3C(=O)N3CCN(Cc4ccc5c(c4)OCO5)C[C@@H]13)CC[C@@H]2O. The van der Waals surface area contributed by atoms with Gasteiger partial charge >= 0.3 is 0 Å². The zero-order chi connectivity index (χ0) is 26.1. The topological polar surface area (TPSA) is 110 Å². The molecule has 4 heterocycles. The third kappa shape index (κ3) is 5.16. The van der Waals surface area contributed by atoms with Crippen molar-refractivity contribution >= 4 is 11.8 Å². The van der Waals surface area contributed by atoms with E-state index in [1.165, 1.54) is 0 Å². The summed E-state index contributed by atoms with van der Waals surface area (Å²) in [5.74, 6) is 1.46. The Morgan fingerprint density at radius 2 is 1.82 bits per heavy atom. The molecular formula is C28H33N3O7. The molecule has 2 amide bonds. The maximum Gasteiger partial charge on any atom is 0.258 e. The number of aliphatic hydroxyl groups is 1. The van der Waals surface area contributed by atoms with Crippen molar-refractivity contribution in [3.05, 3.63) is 53.6 Å². The molecule has 10 nitrogen and oxygen atoms in total. The first-order valence-corrected chi connectivity index (χ1v) is 13.3. The van der Waals surface area contributed by atoms with E-state index < -0.39 is 18.2 Å². The number of nitrogens with zero attached hydrogens (tertiary/aromatic N) is 2. The highest BCUT2D eigenvalue weighted by Gasteiger charge is 2.38. The van der Waals surface area contributed by atoms with Crippen LogP contribution in [0.15, 0.2) is 42.5 Å². The Kier molecular flexibility index (Phi) is 7.10. The van der Waals surface area contributed by atoms with Crippen LogP contribution in [-0.4, -0.2) is 90.7 Å². The normalized spacial score (nSPS) is 28.0. The second-order valence-corrected chi connectivity index (χ2v) is 10.3. The summed E-state index contributed by atoms with van der Waals surface area (Å²) >= 11 is 0. The van der Waals surface area contributed by atoms with Gasteiger partial charge in [-0.3, -0.25) is 14.5 Å². The van der Waals surface area contributed by atoms with E-state index in [-0.39, 0.29) is 31.3 Å². The summed E-state index contributed by atoms with van der Waals surface area (Å²) in [6.45, 7) is 2.78. The number of hydrogen-bond acceptors (Lipinski definition) is 8. The van der Waals surface area contributed by atoms with E-state index in [9.17, 15) is 14.7 Å². The number of aliphatic hydroxyl groups excluding tert-OH is 1. The number of carbonyl (C=O) groups excluding carboxylic acids is 2. The van der Waals surface area contributed by atoms with Crippen molar-refractivity contribution in [2.45, 2.75) is 50.2 Å². The summed E-state index contributed by atoms with van der Waals surface area (Å²) in [5.41, 5.74) is 1.49. The summed E-state index contributed by atoms with van der Waals surface area (Å²) in [4.78, 5) is 31.1. The molecule has 202 valence electrons. The Morgan fingerprint density at radius 1 is 0.947 bits per heavy atom. The first kappa shape index (κ1) is 25.0. The van der Waals surface area contributed by atoms with Gasteiger partial charge in [-0.25, -0.2) is 0 Å². The maximum atomic E-state index is 13.8. The molecule has 2 fully saturated rings. The molecule has 0 aliphatic carbocycles. The molecule has 2 aromatic carbocycles. The highest BCUT2D eigenvalue weighted by Crippen LogP contribution is 2.33. The van der Waals surface area contributed by atoms with Gasteiger partial charge in [-0.05, 0) is 42.7 Å². The second-order valence-electron chi connectivity index (χ2n) is 10.3. The minimum Gasteiger partial charge on any atom is -0.493 e. The molecule has 6 rings (SSSR count). The van der Waals surface area contributed by atoms with Gasteiger partial charge in [-0.2, -0.15) is 0 Å². The summed E-state index contributed by atoms with van der Waals surface area (Å²) < 4.78 is 23.1. The summed E-state index contributed by atoms with van der Waals surface area (Å²) in [6, 6.07) is 12.3. The zero-order valence-corrected chi connectivity index (χ0v) is 21.2. The Labute approximate surface area is 221 Å². The summed E-state index contributed by atoms with van der Waals surface area (Å²) in [6.07, 6.45) is 0.758. The quantitative estimate of drug-likeness (QED) is 0.611. The predicted octanol–water partition coefficient (Wildman–Crippen LogP) is 1.55. The van der Waals surface area contributed by atoms with Crippen molar-refractivity contribution in [3.8, 4) is 17.2 Å². The van der Waals surface area contributed by atoms with Crippen LogP contribution in [0.1, 0.15) is 35.2 Å². The number of piperazine rings is 1. The van der Waals surface area contributed by atoms with Crippen molar-refractivity contribution in [1.82, 2.24) is 15.1 Å². The predicted molar refractivity (Wildman–Crippen MR) is 136 cm³/mol. The first-order valence-electron chi connectivity index (χ1n) is 13.3. The van der Waals surface area contributed by atoms with Crippen LogP contribution >= 0.6 is 0 Å². The van der Waals surface area contributed by atoms with Gasteiger partial charge in [0.25, 0.3) is 5.91 Å². The van der Waals surface area contributed by atoms with Gasteiger partial charge in [0.1, 0.15) is 17.9 Å². The smallest absolute Gasteiger partial charge is 0.258 e. The van der Waals surface area contributed by atoms with E-state index in [0.717, 1.165) is 17.7 Å². The van der Waals surface area contributed by atoms with Gasteiger partial charge < -0.3 is 34.3 Å². The molecule has 0 spiro atoms. The Balaban J connectivity index is 1.25. The van der Waals surface area contributed by atoms with Crippen molar-refractivity contribution < 1.29 is 33.6 Å². The molecule has 0 aromatic heterocycles. The number of ether oxygens (including phenoxy) is 4. The van der Waals surface area contributed by atoms with Crippen molar-refractivity contribution in [2.75, 3.05) is 39.6 Å². The first-order chi connectivity index (χ1) is 18.5. The average Bonchev–Trinajstić information content (AvgIpc) is 3.40. The van der Waals surface area contributed by atoms with Crippen molar-refractivity contribution in [3.63, 3.8) is 0 Å². The monoisotopic (exact) mass is 523 g/mol. The number of hydrogen-bond donors (Lipinski definition) is 2. The lowest BCUT2D eigenvalue weighted by molar-refractivity contribution is -0.135. The standard InChI is InChI=1S/C28H33N3O7/c32-22-7-6-19-9-12-35-23-4-2-1-3-20(23)28(34)31-11-10-30(16-21(31)27(33)29-14-26(22)38-19)15-18-5-8-24-25(13-18)37-17-36-24/h1-5,8,13,19,21-22,26,32H,6-7,9-12,14-17H2,(H,29,33)/t19-,21-,22-,26+/m0/s1. The molecule has 4 aliphatic rings. The number of nitrogens with one attached hydrogen (secondary N) is 1. The molecule has 2 saturated heterocycles. The molecule has 0 unspecified atom stereocenters. The van der Waals surface area contributed by atoms with Crippen LogP contribution in [0.4, 0.5) is 0 Å². The Morgan fingerprint density at radius 3 is 2.74 bits per heavy atom. The third-order valence-electron chi connectivity index (χ3n) is 7.74. The lowest BCUT2D eigenvalue weighted by atomic mass is 9.99.